The predicted octanol–water partition coefficient (Wildman–Crippen LogP) is 4.61. The lowest BCUT2D eigenvalue weighted by atomic mass is 9.96. The van der Waals surface area contributed by atoms with Gasteiger partial charge in [-0.2, -0.15) is 0 Å². The highest BCUT2D eigenvalue weighted by Crippen LogP contribution is 2.39. The highest BCUT2D eigenvalue weighted by molar-refractivity contribution is 7.90. The Morgan fingerprint density at radius 1 is 1.40 bits per heavy atom. The van der Waals surface area contributed by atoms with Crippen molar-refractivity contribution in [3.05, 3.63) is 38.6 Å². The Kier molecular flexibility index (Phi) is 3.08. The zero-order valence-corrected chi connectivity index (χ0v) is 11.1. The molecule has 0 unspecified atom stereocenters. The molecule has 0 atom stereocenters. The lowest BCUT2D eigenvalue weighted by Gasteiger charge is -2.15. The van der Waals surface area contributed by atoms with Crippen LogP contribution in [0.4, 0.5) is 0 Å². The summed E-state index contributed by atoms with van der Waals surface area (Å²) in [6, 6.07) is 2.30. The van der Waals surface area contributed by atoms with Gasteiger partial charge in [0.05, 0.1) is 0 Å². The fourth-order valence-electron chi connectivity index (χ4n) is 1.98. The van der Waals surface area contributed by atoms with Crippen LogP contribution in [0.2, 0.25) is 0 Å². The summed E-state index contributed by atoms with van der Waals surface area (Å²) in [7, 11) is 0. The molecular weight excluding hydrogens is 220 g/mol. The van der Waals surface area contributed by atoms with Crippen molar-refractivity contribution in [2.24, 2.45) is 0 Å². The summed E-state index contributed by atoms with van der Waals surface area (Å²) in [5.41, 5.74) is 4.23. The number of thiol groups is 1. The van der Waals surface area contributed by atoms with E-state index in [9.17, 15) is 0 Å². The first-order chi connectivity index (χ1) is 7.08. The molecule has 1 heterocycles. The number of hydrogen-bond acceptors (Lipinski definition) is 2. The average Bonchev–Trinajstić information content (AvgIpc) is 2.51. The second-order valence-corrected chi connectivity index (χ2v) is 6.01. The van der Waals surface area contributed by atoms with Crippen LogP contribution in [0.5, 0.6) is 0 Å². The maximum Gasteiger partial charge on any atom is 0.0441 e. The number of allylic oxidation sites excluding steroid dienone is 3. The first kappa shape index (κ1) is 11.0. The predicted molar refractivity (Wildman–Crippen MR) is 72.7 cm³/mol. The summed E-state index contributed by atoms with van der Waals surface area (Å²) in [4.78, 5) is 3.97. The van der Waals surface area contributed by atoms with E-state index in [-0.39, 0.29) is 0 Å². The van der Waals surface area contributed by atoms with Gasteiger partial charge in [-0.15, -0.1) is 24.0 Å². The second-order valence-electron chi connectivity index (χ2n) is 4.31. The molecule has 1 aromatic rings. The van der Waals surface area contributed by atoms with Crippen LogP contribution in [0.25, 0.3) is 4.91 Å². The topological polar surface area (TPSA) is 0 Å². The van der Waals surface area contributed by atoms with E-state index >= 15 is 0 Å². The summed E-state index contributed by atoms with van der Waals surface area (Å²) < 4.78 is 0. The Hall–Kier alpha value is -0.470. The van der Waals surface area contributed by atoms with Crippen LogP contribution in [0.3, 0.4) is 0 Å². The Morgan fingerprint density at radius 3 is 2.80 bits per heavy atom. The normalized spacial score (nSPS) is 15.2. The summed E-state index contributed by atoms with van der Waals surface area (Å²) in [6.45, 7) is 6.46. The highest BCUT2D eigenvalue weighted by Gasteiger charge is 2.17. The summed E-state index contributed by atoms with van der Waals surface area (Å²) in [6.07, 6.45) is 4.57. The van der Waals surface area contributed by atoms with Gasteiger partial charge in [0, 0.05) is 14.7 Å². The minimum absolute atomic E-state index is 1.13. The fraction of sp³-hybridized carbons (Fsp3) is 0.385. The number of rotatable bonds is 1. The van der Waals surface area contributed by atoms with Gasteiger partial charge >= 0.3 is 0 Å². The van der Waals surface area contributed by atoms with Crippen LogP contribution >= 0.6 is 24.0 Å². The van der Waals surface area contributed by atoms with Gasteiger partial charge in [-0.1, -0.05) is 11.6 Å². The third-order valence-electron chi connectivity index (χ3n) is 2.58. The Labute approximate surface area is 101 Å². The molecule has 0 amide bonds. The van der Waals surface area contributed by atoms with Gasteiger partial charge in [0.25, 0.3) is 0 Å². The van der Waals surface area contributed by atoms with Crippen molar-refractivity contribution >= 4 is 28.9 Å². The van der Waals surface area contributed by atoms with Crippen LogP contribution in [0.1, 0.15) is 35.6 Å². The van der Waals surface area contributed by atoms with Crippen LogP contribution in [-0.4, -0.2) is 0 Å². The quantitative estimate of drug-likeness (QED) is 0.676. The number of fused-ring (bicyclic) bond motifs is 1. The van der Waals surface area contributed by atoms with Gasteiger partial charge < -0.3 is 0 Å². The number of thiophene rings is 1. The molecule has 0 spiro atoms. The maximum absolute atomic E-state index is 4.67. The van der Waals surface area contributed by atoms with E-state index in [2.05, 4.69) is 45.5 Å². The van der Waals surface area contributed by atoms with E-state index in [4.69, 9.17) is 0 Å². The van der Waals surface area contributed by atoms with Crippen LogP contribution in [-0.2, 0) is 6.42 Å². The van der Waals surface area contributed by atoms with Gasteiger partial charge in [0.15, 0.2) is 0 Å². The average molecular weight is 236 g/mol. The van der Waals surface area contributed by atoms with Crippen molar-refractivity contribution in [2.45, 2.75) is 33.6 Å². The molecule has 0 saturated heterocycles. The zero-order chi connectivity index (χ0) is 11.0. The first-order valence-electron chi connectivity index (χ1n) is 5.24. The van der Waals surface area contributed by atoms with E-state index < -0.39 is 0 Å². The maximum atomic E-state index is 4.67. The van der Waals surface area contributed by atoms with Crippen LogP contribution < -0.4 is 0 Å². The molecule has 0 nitrogen and oxygen atoms in total. The Balaban J connectivity index is 2.48. The van der Waals surface area contributed by atoms with Crippen molar-refractivity contribution in [1.29, 1.82) is 0 Å². The molecule has 0 radical (unpaired) electrons. The standard InChI is InChI=1S/C13H16S2/c1-8(2)6-10-4-5-11-7-9(3)15-13(11)12(10)14/h6-7,14H,4-5H2,1-3H3. The number of hydrogen-bond donors (Lipinski definition) is 1. The van der Waals surface area contributed by atoms with Crippen molar-refractivity contribution in [2.75, 3.05) is 0 Å². The molecule has 0 saturated carbocycles. The molecule has 0 aliphatic heterocycles. The third-order valence-corrected chi connectivity index (χ3v) is 4.35. The lowest BCUT2D eigenvalue weighted by Crippen LogP contribution is -1.97. The molecular formula is C13H16S2. The zero-order valence-electron chi connectivity index (χ0n) is 9.42. The Bertz CT molecular complexity index is 443. The van der Waals surface area contributed by atoms with Crippen molar-refractivity contribution in [3.63, 3.8) is 0 Å². The molecule has 0 N–H and O–H groups in total. The molecule has 0 bridgehead atoms. The molecule has 2 rings (SSSR count). The van der Waals surface area contributed by atoms with E-state index in [1.54, 1.807) is 0 Å². The smallest absolute Gasteiger partial charge is 0.0441 e. The molecule has 15 heavy (non-hydrogen) atoms. The first-order valence-corrected chi connectivity index (χ1v) is 6.51. The summed E-state index contributed by atoms with van der Waals surface area (Å²) in [5, 5.41) is 0. The van der Waals surface area contributed by atoms with Crippen molar-refractivity contribution in [1.82, 2.24) is 0 Å². The van der Waals surface area contributed by atoms with E-state index in [0.717, 1.165) is 6.42 Å². The van der Waals surface area contributed by atoms with E-state index in [0.29, 0.717) is 0 Å². The van der Waals surface area contributed by atoms with Gasteiger partial charge in [-0.3, -0.25) is 0 Å². The van der Waals surface area contributed by atoms with Gasteiger partial charge in [0.2, 0.25) is 0 Å². The highest BCUT2D eigenvalue weighted by atomic mass is 32.1. The minimum atomic E-state index is 1.13. The van der Waals surface area contributed by atoms with E-state index in [1.165, 1.54) is 37.8 Å². The minimum Gasteiger partial charge on any atom is -0.142 e. The van der Waals surface area contributed by atoms with E-state index in [1.807, 2.05) is 11.3 Å². The van der Waals surface area contributed by atoms with Gasteiger partial charge in [0.1, 0.15) is 0 Å². The fourth-order valence-corrected chi connectivity index (χ4v) is 3.48. The third kappa shape index (κ3) is 2.21. The Morgan fingerprint density at radius 2 is 2.13 bits per heavy atom. The number of aryl methyl sites for hydroxylation is 2. The molecule has 2 heteroatoms. The molecule has 1 aliphatic carbocycles. The van der Waals surface area contributed by atoms with Crippen LogP contribution in [0, 0.1) is 6.92 Å². The summed E-state index contributed by atoms with van der Waals surface area (Å²) >= 11 is 6.53. The SMILES string of the molecule is CC(C)=CC1=C(S)c2sc(C)cc2CC1. The van der Waals surface area contributed by atoms with Gasteiger partial charge in [-0.05, 0) is 50.8 Å². The molecule has 1 aromatic heterocycles. The van der Waals surface area contributed by atoms with Gasteiger partial charge in [-0.25, -0.2) is 0 Å². The van der Waals surface area contributed by atoms with Crippen molar-refractivity contribution in [3.8, 4) is 0 Å². The largest absolute Gasteiger partial charge is 0.142 e. The molecule has 0 fully saturated rings. The molecule has 1 aliphatic rings. The monoisotopic (exact) mass is 236 g/mol. The van der Waals surface area contributed by atoms with Crippen LogP contribution in [0.15, 0.2) is 23.3 Å². The molecule has 0 aromatic carbocycles. The molecule has 80 valence electrons. The lowest BCUT2D eigenvalue weighted by molar-refractivity contribution is 0.953. The summed E-state index contributed by atoms with van der Waals surface area (Å²) in [5.74, 6) is 0. The van der Waals surface area contributed by atoms with Crippen molar-refractivity contribution < 1.29 is 0 Å². The second kappa shape index (κ2) is 4.18.